The van der Waals surface area contributed by atoms with Gasteiger partial charge in [0, 0.05) is 19.3 Å². The van der Waals surface area contributed by atoms with E-state index >= 15 is 0 Å². The molecule has 1 heterocycles. The second kappa shape index (κ2) is 5.17. The van der Waals surface area contributed by atoms with Crippen molar-refractivity contribution >= 4 is 5.96 Å². The summed E-state index contributed by atoms with van der Waals surface area (Å²) < 4.78 is 0. The monoisotopic (exact) mass is 232 g/mol. The Hall–Kier alpha value is -1.58. The molecule has 0 atom stereocenters. The summed E-state index contributed by atoms with van der Waals surface area (Å²) in [4.78, 5) is 10.7. The molecule has 4 nitrogen and oxygen atoms in total. The molecule has 0 amide bonds. The van der Waals surface area contributed by atoms with Crippen molar-refractivity contribution in [3.8, 4) is 0 Å². The molecule has 2 rings (SSSR count). The van der Waals surface area contributed by atoms with Crippen molar-refractivity contribution < 1.29 is 0 Å². The van der Waals surface area contributed by atoms with Gasteiger partial charge in [-0.25, -0.2) is 4.99 Å². The Kier molecular flexibility index (Phi) is 3.61. The number of aromatic nitrogens is 1. The number of hydrogen-bond acceptors (Lipinski definition) is 2. The summed E-state index contributed by atoms with van der Waals surface area (Å²) in [5, 5.41) is 0. The Morgan fingerprint density at radius 1 is 1.59 bits per heavy atom. The molecule has 0 saturated heterocycles. The molecule has 1 aliphatic rings. The minimum atomic E-state index is 0.566. The number of nitrogens with two attached hydrogens (primary N) is 1. The van der Waals surface area contributed by atoms with Gasteiger partial charge < -0.3 is 10.6 Å². The molecule has 1 aromatic rings. The number of pyridine rings is 1. The van der Waals surface area contributed by atoms with Crippen molar-refractivity contribution in [2.45, 2.75) is 38.8 Å². The zero-order chi connectivity index (χ0) is 12.3. The largest absolute Gasteiger partial charge is 0.370 e. The predicted molar refractivity (Wildman–Crippen MR) is 69.7 cm³/mol. The maximum absolute atomic E-state index is 5.92. The highest BCUT2D eigenvalue weighted by Gasteiger charge is 2.27. The van der Waals surface area contributed by atoms with Crippen LogP contribution in [-0.4, -0.2) is 28.9 Å². The van der Waals surface area contributed by atoms with Crippen molar-refractivity contribution in [2.24, 2.45) is 10.7 Å². The van der Waals surface area contributed by atoms with Crippen molar-refractivity contribution in [3.05, 3.63) is 29.6 Å². The molecule has 0 aromatic carbocycles. The number of aryl methyl sites for hydroxylation is 1. The van der Waals surface area contributed by atoms with Gasteiger partial charge in [0.15, 0.2) is 5.96 Å². The molecule has 17 heavy (non-hydrogen) atoms. The second-order valence-electron chi connectivity index (χ2n) is 4.53. The van der Waals surface area contributed by atoms with Gasteiger partial charge in [0.05, 0.1) is 12.2 Å². The molecule has 4 heteroatoms. The summed E-state index contributed by atoms with van der Waals surface area (Å²) in [6, 6.07) is 4.73. The third-order valence-corrected chi connectivity index (χ3v) is 3.15. The standard InChI is InChI=1S/C13H20N4/c1-3-10-6-7-15-11(8-10)9-16-13(14)17(2)12-4-5-12/h6-8,12H,3-5,9H2,1-2H3,(H2,14,16). The number of guanidine groups is 1. The predicted octanol–water partition coefficient (Wildman–Crippen LogP) is 1.55. The first-order chi connectivity index (χ1) is 8.20. The van der Waals surface area contributed by atoms with Crippen molar-refractivity contribution in [1.82, 2.24) is 9.88 Å². The molecule has 1 saturated carbocycles. The maximum Gasteiger partial charge on any atom is 0.191 e. The average Bonchev–Trinajstić information content (AvgIpc) is 3.19. The Morgan fingerprint density at radius 3 is 3.00 bits per heavy atom. The van der Waals surface area contributed by atoms with Gasteiger partial charge in [-0.15, -0.1) is 0 Å². The van der Waals surface area contributed by atoms with E-state index in [9.17, 15) is 0 Å². The van der Waals surface area contributed by atoms with Crippen LogP contribution in [-0.2, 0) is 13.0 Å². The number of aliphatic imine (C=N–C) groups is 1. The Bertz CT molecular complexity index is 410. The summed E-state index contributed by atoms with van der Waals surface area (Å²) in [6.45, 7) is 2.70. The van der Waals surface area contributed by atoms with Crippen LogP contribution in [0, 0.1) is 0 Å². The van der Waals surface area contributed by atoms with Gasteiger partial charge in [-0.2, -0.15) is 0 Å². The molecular formula is C13H20N4. The highest BCUT2D eigenvalue weighted by molar-refractivity contribution is 5.78. The van der Waals surface area contributed by atoms with Gasteiger partial charge in [-0.3, -0.25) is 4.98 Å². The van der Waals surface area contributed by atoms with E-state index in [1.54, 1.807) is 0 Å². The normalized spacial score (nSPS) is 16.0. The van der Waals surface area contributed by atoms with E-state index in [1.807, 2.05) is 19.3 Å². The molecule has 0 spiro atoms. The molecule has 0 unspecified atom stereocenters. The van der Waals surface area contributed by atoms with Crippen LogP contribution >= 0.6 is 0 Å². The molecule has 0 bridgehead atoms. The van der Waals surface area contributed by atoms with Gasteiger partial charge in [0.2, 0.25) is 0 Å². The first kappa shape index (κ1) is 11.9. The van der Waals surface area contributed by atoms with Crippen LogP contribution in [0.4, 0.5) is 0 Å². The van der Waals surface area contributed by atoms with Gasteiger partial charge in [-0.1, -0.05) is 6.92 Å². The Morgan fingerprint density at radius 2 is 2.35 bits per heavy atom. The quantitative estimate of drug-likeness (QED) is 0.633. The summed E-state index contributed by atoms with van der Waals surface area (Å²) >= 11 is 0. The Labute approximate surface area is 103 Å². The minimum Gasteiger partial charge on any atom is -0.370 e. The first-order valence-electron chi connectivity index (χ1n) is 6.17. The fraction of sp³-hybridized carbons (Fsp3) is 0.538. The van der Waals surface area contributed by atoms with Gasteiger partial charge in [0.1, 0.15) is 0 Å². The van der Waals surface area contributed by atoms with E-state index in [0.717, 1.165) is 12.1 Å². The molecule has 0 aliphatic heterocycles. The zero-order valence-corrected chi connectivity index (χ0v) is 10.6. The lowest BCUT2D eigenvalue weighted by atomic mass is 10.2. The average molecular weight is 232 g/mol. The lowest BCUT2D eigenvalue weighted by molar-refractivity contribution is 0.487. The smallest absolute Gasteiger partial charge is 0.191 e. The molecule has 1 aliphatic carbocycles. The van der Waals surface area contributed by atoms with Crippen molar-refractivity contribution in [1.29, 1.82) is 0 Å². The fourth-order valence-electron chi connectivity index (χ4n) is 1.76. The van der Waals surface area contributed by atoms with Crippen LogP contribution in [0.25, 0.3) is 0 Å². The van der Waals surface area contributed by atoms with E-state index in [0.29, 0.717) is 18.5 Å². The van der Waals surface area contributed by atoms with E-state index < -0.39 is 0 Å². The third kappa shape index (κ3) is 3.19. The van der Waals surface area contributed by atoms with Crippen LogP contribution < -0.4 is 5.73 Å². The summed E-state index contributed by atoms with van der Waals surface area (Å²) in [5.41, 5.74) is 8.20. The second-order valence-corrected chi connectivity index (χ2v) is 4.53. The topological polar surface area (TPSA) is 54.5 Å². The van der Waals surface area contributed by atoms with E-state index in [2.05, 4.69) is 27.9 Å². The highest BCUT2D eigenvalue weighted by Crippen LogP contribution is 2.24. The number of rotatable bonds is 4. The molecule has 1 aromatic heterocycles. The molecule has 0 radical (unpaired) electrons. The lowest BCUT2D eigenvalue weighted by Crippen LogP contribution is -2.35. The summed E-state index contributed by atoms with van der Waals surface area (Å²) in [6.07, 6.45) is 5.33. The molecule has 2 N–H and O–H groups in total. The first-order valence-corrected chi connectivity index (χ1v) is 6.17. The van der Waals surface area contributed by atoms with E-state index in [-0.39, 0.29) is 0 Å². The van der Waals surface area contributed by atoms with E-state index in [1.165, 1.54) is 18.4 Å². The zero-order valence-electron chi connectivity index (χ0n) is 10.6. The fourth-order valence-corrected chi connectivity index (χ4v) is 1.76. The third-order valence-electron chi connectivity index (χ3n) is 3.15. The highest BCUT2D eigenvalue weighted by atomic mass is 15.3. The van der Waals surface area contributed by atoms with E-state index in [4.69, 9.17) is 5.73 Å². The van der Waals surface area contributed by atoms with Crippen molar-refractivity contribution in [2.75, 3.05) is 7.05 Å². The molecule has 1 fully saturated rings. The van der Waals surface area contributed by atoms with Gasteiger partial charge >= 0.3 is 0 Å². The Balaban J connectivity index is 1.97. The van der Waals surface area contributed by atoms with Gasteiger partial charge in [0.25, 0.3) is 0 Å². The lowest BCUT2D eigenvalue weighted by Gasteiger charge is -2.16. The van der Waals surface area contributed by atoms with Crippen LogP contribution in [0.15, 0.2) is 23.3 Å². The van der Waals surface area contributed by atoms with Crippen LogP contribution in [0.1, 0.15) is 31.0 Å². The molecule has 92 valence electrons. The van der Waals surface area contributed by atoms with Crippen molar-refractivity contribution in [3.63, 3.8) is 0 Å². The number of hydrogen-bond donors (Lipinski definition) is 1. The summed E-state index contributed by atoms with van der Waals surface area (Å²) in [5.74, 6) is 0.621. The number of nitrogens with zero attached hydrogens (tertiary/aromatic N) is 3. The van der Waals surface area contributed by atoms with Crippen LogP contribution in [0.2, 0.25) is 0 Å². The summed E-state index contributed by atoms with van der Waals surface area (Å²) in [7, 11) is 2.01. The molecular weight excluding hydrogens is 212 g/mol. The van der Waals surface area contributed by atoms with Crippen LogP contribution in [0.5, 0.6) is 0 Å². The minimum absolute atomic E-state index is 0.566. The van der Waals surface area contributed by atoms with Gasteiger partial charge in [-0.05, 0) is 37.0 Å². The SMILES string of the molecule is CCc1ccnc(CN=C(N)N(C)C2CC2)c1. The van der Waals surface area contributed by atoms with Crippen LogP contribution in [0.3, 0.4) is 0 Å². The maximum atomic E-state index is 5.92.